The molecule has 0 aromatic carbocycles. The molecule has 3 fully saturated rings. The highest BCUT2D eigenvalue weighted by Crippen LogP contribution is 2.48. The Balaban J connectivity index is 1.30. The van der Waals surface area contributed by atoms with Crippen molar-refractivity contribution in [3.05, 3.63) is 24.5 Å². The van der Waals surface area contributed by atoms with Crippen LogP contribution in [0, 0.1) is 11.8 Å². The number of rotatable bonds is 3. The first-order valence-electron chi connectivity index (χ1n) is 7.65. The van der Waals surface area contributed by atoms with Gasteiger partial charge in [-0.1, -0.05) is 6.92 Å². The van der Waals surface area contributed by atoms with Crippen LogP contribution in [0.3, 0.4) is 0 Å². The molecular formula is C16H20N2O2S. The largest absolute Gasteiger partial charge is 0.488 e. The maximum atomic E-state index is 12.2. The van der Waals surface area contributed by atoms with E-state index in [1.54, 1.807) is 12.4 Å². The summed E-state index contributed by atoms with van der Waals surface area (Å²) in [6.07, 6.45) is 5.89. The molecule has 4 nitrogen and oxygen atoms in total. The number of amides is 1. The third kappa shape index (κ3) is 2.52. The number of carbonyl (C=O) groups is 1. The molecule has 0 radical (unpaired) electrons. The summed E-state index contributed by atoms with van der Waals surface area (Å²) in [5.74, 6) is 3.16. The number of aromatic nitrogens is 1. The third-order valence-corrected chi connectivity index (χ3v) is 6.38. The third-order valence-electron chi connectivity index (χ3n) is 4.81. The predicted octanol–water partition coefficient (Wildman–Crippen LogP) is 2.20. The van der Waals surface area contributed by atoms with E-state index >= 15 is 0 Å². The molecule has 1 aromatic rings. The molecule has 1 amide bonds. The van der Waals surface area contributed by atoms with Crippen LogP contribution in [0.5, 0.6) is 5.75 Å². The van der Waals surface area contributed by atoms with E-state index in [9.17, 15) is 4.79 Å². The molecule has 5 heteroatoms. The summed E-state index contributed by atoms with van der Waals surface area (Å²) >= 11 is 1.97. The Morgan fingerprint density at radius 3 is 3.00 bits per heavy atom. The lowest BCUT2D eigenvalue weighted by molar-refractivity contribution is -0.138. The summed E-state index contributed by atoms with van der Waals surface area (Å²) in [4.78, 5) is 18.3. The summed E-state index contributed by atoms with van der Waals surface area (Å²) in [6.45, 7) is 3.99. The highest BCUT2D eigenvalue weighted by atomic mass is 32.2. The van der Waals surface area contributed by atoms with Crippen molar-refractivity contribution in [1.29, 1.82) is 0 Å². The summed E-state index contributed by atoms with van der Waals surface area (Å²) in [5.41, 5.74) is 0. The van der Waals surface area contributed by atoms with Crippen molar-refractivity contribution in [2.24, 2.45) is 11.8 Å². The lowest BCUT2D eigenvalue weighted by Crippen LogP contribution is -2.61. The number of hydrogen-bond donors (Lipinski definition) is 0. The maximum absolute atomic E-state index is 12.2. The number of likely N-dealkylation sites (tertiary alicyclic amines) is 1. The van der Waals surface area contributed by atoms with Gasteiger partial charge in [0, 0.05) is 37.4 Å². The summed E-state index contributed by atoms with van der Waals surface area (Å²) < 4.78 is 6.24. The Kier molecular flexibility index (Phi) is 3.14. The standard InChI is InChI=1S/C16H20N2O2S/c1-11-5-14(11)15(19)18-9-16(10-18)6-13(8-21-16)20-12-3-2-4-17-7-12/h2-4,7,11,13-14H,5-6,8-10H2,1H3/t11-,13+,14+/m1/s1. The molecule has 1 aliphatic carbocycles. The fourth-order valence-corrected chi connectivity index (χ4v) is 4.94. The van der Waals surface area contributed by atoms with E-state index in [4.69, 9.17) is 4.74 Å². The minimum absolute atomic E-state index is 0.247. The Labute approximate surface area is 129 Å². The number of thioether (sulfide) groups is 1. The number of hydrogen-bond acceptors (Lipinski definition) is 4. The van der Waals surface area contributed by atoms with Gasteiger partial charge in [-0.15, -0.1) is 11.8 Å². The van der Waals surface area contributed by atoms with Gasteiger partial charge in [-0.3, -0.25) is 9.78 Å². The molecule has 0 unspecified atom stereocenters. The summed E-state index contributed by atoms with van der Waals surface area (Å²) in [7, 11) is 0. The minimum Gasteiger partial charge on any atom is -0.488 e. The van der Waals surface area contributed by atoms with Gasteiger partial charge in [0.2, 0.25) is 5.91 Å². The SMILES string of the molecule is C[C@@H]1C[C@@H]1C(=O)N1CC2(C[C@H](Oc3cccnc3)CS2)C1. The van der Waals surface area contributed by atoms with Gasteiger partial charge < -0.3 is 9.64 Å². The molecule has 2 saturated heterocycles. The molecular weight excluding hydrogens is 284 g/mol. The highest BCUT2D eigenvalue weighted by molar-refractivity contribution is 8.01. The molecule has 1 aromatic heterocycles. The molecule has 3 atom stereocenters. The van der Waals surface area contributed by atoms with E-state index in [0.717, 1.165) is 37.4 Å². The van der Waals surface area contributed by atoms with Crippen molar-refractivity contribution in [1.82, 2.24) is 9.88 Å². The van der Waals surface area contributed by atoms with E-state index in [-0.39, 0.29) is 10.9 Å². The van der Waals surface area contributed by atoms with E-state index in [1.165, 1.54) is 0 Å². The van der Waals surface area contributed by atoms with Crippen molar-refractivity contribution in [2.45, 2.75) is 30.6 Å². The van der Waals surface area contributed by atoms with Crippen LogP contribution < -0.4 is 4.74 Å². The van der Waals surface area contributed by atoms with Crippen LogP contribution in [0.25, 0.3) is 0 Å². The van der Waals surface area contributed by atoms with Gasteiger partial charge in [0.1, 0.15) is 11.9 Å². The zero-order valence-electron chi connectivity index (χ0n) is 12.2. The molecule has 0 bridgehead atoms. The van der Waals surface area contributed by atoms with Gasteiger partial charge in [0.25, 0.3) is 0 Å². The Hall–Kier alpha value is -1.23. The molecule has 3 heterocycles. The fraction of sp³-hybridized carbons (Fsp3) is 0.625. The van der Waals surface area contributed by atoms with Gasteiger partial charge in [0.05, 0.1) is 10.9 Å². The van der Waals surface area contributed by atoms with Crippen LogP contribution in [0.2, 0.25) is 0 Å². The van der Waals surface area contributed by atoms with E-state index in [1.807, 2.05) is 28.8 Å². The monoisotopic (exact) mass is 304 g/mol. The zero-order valence-corrected chi connectivity index (χ0v) is 13.0. The average molecular weight is 304 g/mol. The van der Waals surface area contributed by atoms with E-state index in [2.05, 4.69) is 11.9 Å². The van der Waals surface area contributed by atoms with Crippen molar-refractivity contribution < 1.29 is 9.53 Å². The first-order chi connectivity index (χ1) is 10.2. The van der Waals surface area contributed by atoms with Gasteiger partial charge >= 0.3 is 0 Å². The second-order valence-corrected chi connectivity index (χ2v) is 8.13. The van der Waals surface area contributed by atoms with Crippen LogP contribution in [0.15, 0.2) is 24.5 Å². The molecule has 0 N–H and O–H groups in total. The van der Waals surface area contributed by atoms with Crippen LogP contribution in [-0.2, 0) is 4.79 Å². The van der Waals surface area contributed by atoms with Gasteiger partial charge in [-0.25, -0.2) is 0 Å². The van der Waals surface area contributed by atoms with Crippen LogP contribution >= 0.6 is 11.8 Å². The topological polar surface area (TPSA) is 42.4 Å². The fourth-order valence-electron chi connectivity index (χ4n) is 3.41. The molecule has 2 aliphatic heterocycles. The van der Waals surface area contributed by atoms with Crippen LogP contribution in [0.1, 0.15) is 19.8 Å². The predicted molar refractivity (Wildman–Crippen MR) is 82.3 cm³/mol. The van der Waals surface area contributed by atoms with Crippen LogP contribution in [0.4, 0.5) is 0 Å². The van der Waals surface area contributed by atoms with Crippen molar-refractivity contribution in [3.8, 4) is 5.75 Å². The number of nitrogens with zero attached hydrogens (tertiary/aromatic N) is 2. The molecule has 1 saturated carbocycles. The lowest BCUT2D eigenvalue weighted by atomic mass is 9.92. The normalized spacial score (nSPS) is 32.8. The average Bonchev–Trinajstić information content (AvgIpc) is 3.03. The molecule has 3 aliphatic rings. The Bertz CT molecular complexity index is 544. The molecule has 4 rings (SSSR count). The smallest absolute Gasteiger partial charge is 0.226 e. The quantitative estimate of drug-likeness (QED) is 0.858. The van der Waals surface area contributed by atoms with E-state index in [0.29, 0.717) is 17.7 Å². The van der Waals surface area contributed by atoms with Crippen molar-refractivity contribution >= 4 is 17.7 Å². The first-order valence-corrected chi connectivity index (χ1v) is 8.63. The van der Waals surface area contributed by atoms with Crippen molar-refractivity contribution in [3.63, 3.8) is 0 Å². The zero-order chi connectivity index (χ0) is 14.4. The molecule has 1 spiro atoms. The Morgan fingerprint density at radius 2 is 2.33 bits per heavy atom. The molecule has 112 valence electrons. The second kappa shape index (κ2) is 4.90. The summed E-state index contributed by atoms with van der Waals surface area (Å²) in [5, 5.41) is 0. The number of pyridine rings is 1. The van der Waals surface area contributed by atoms with Crippen molar-refractivity contribution in [2.75, 3.05) is 18.8 Å². The second-order valence-electron chi connectivity index (χ2n) is 6.64. The van der Waals surface area contributed by atoms with Gasteiger partial charge in [0.15, 0.2) is 0 Å². The minimum atomic E-state index is 0.247. The molecule has 21 heavy (non-hydrogen) atoms. The van der Waals surface area contributed by atoms with Gasteiger partial charge in [-0.2, -0.15) is 0 Å². The highest BCUT2D eigenvalue weighted by Gasteiger charge is 2.54. The number of ether oxygens (including phenoxy) is 1. The van der Waals surface area contributed by atoms with Gasteiger partial charge in [-0.05, 0) is 24.5 Å². The Morgan fingerprint density at radius 1 is 1.52 bits per heavy atom. The maximum Gasteiger partial charge on any atom is 0.226 e. The first kappa shape index (κ1) is 13.4. The van der Waals surface area contributed by atoms with E-state index < -0.39 is 0 Å². The number of carbonyl (C=O) groups excluding carboxylic acids is 1. The lowest BCUT2D eigenvalue weighted by Gasteiger charge is -2.47. The summed E-state index contributed by atoms with van der Waals surface area (Å²) in [6, 6.07) is 3.85. The van der Waals surface area contributed by atoms with Crippen LogP contribution in [-0.4, -0.2) is 45.5 Å².